The Morgan fingerprint density at radius 1 is 1.40 bits per heavy atom. The topological polar surface area (TPSA) is 116 Å². The lowest BCUT2D eigenvalue weighted by Gasteiger charge is -2.13. The highest BCUT2D eigenvalue weighted by Crippen LogP contribution is 2.23. The van der Waals surface area contributed by atoms with Gasteiger partial charge in [0.25, 0.3) is 11.6 Å². The van der Waals surface area contributed by atoms with Gasteiger partial charge in [0.2, 0.25) is 0 Å². The van der Waals surface area contributed by atoms with E-state index in [9.17, 15) is 19.7 Å². The van der Waals surface area contributed by atoms with Gasteiger partial charge >= 0.3 is 5.97 Å². The van der Waals surface area contributed by atoms with Crippen molar-refractivity contribution < 1.29 is 19.2 Å². The fourth-order valence-corrected chi connectivity index (χ4v) is 2.28. The summed E-state index contributed by atoms with van der Waals surface area (Å²) < 4.78 is 6.26. The van der Waals surface area contributed by atoms with Crippen LogP contribution in [0.25, 0.3) is 0 Å². The molecular weight excluding hydrogens is 375 g/mol. The molecule has 0 saturated heterocycles. The molecule has 0 saturated carbocycles. The monoisotopic (exact) mass is 386 g/mol. The summed E-state index contributed by atoms with van der Waals surface area (Å²) >= 11 is 11.6. The van der Waals surface area contributed by atoms with Gasteiger partial charge in [-0.15, -0.1) is 0 Å². The van der Waals surface area contributed by atoms with E-state index in [1.165, 1.54) is 37.0 Å². The van der Waals surface area contributed by atoms with Gasteiger partial charge in [0.1, 0.15) is 5.69 Å². The summed E-state index contributed by atoms with van der Waals surface area (Å²) in [6, 6.07) is 2.45. The summed E-state index contributed by atoms with van der Waals surface area (Å²) in [5, 5.41) is 13.5. The van der Waals surface area contributed by atoms with Crippen LogP contribution in [0.3, 0.4) is 0 Å². The third kappa shape index (κ3) is 4.46. The van der Waals surface area contributed by atoms with Crippen LogP contribution < -0.4 is 5.32 Å². The predicted molar refractivity (Wildman–Crippen MR) is 89.8 cm³/mol. The van der Waals surface area contributed by atoms with Crippen LogP contribution in [-0.4, -0.2) is 32.5 Å². The van der Waals surface area contributed by atoms with Crippen molar-refractivity contribution in [2.45, 2.75) is 13.0 Å². The number of ether oxygens (including phenoxy) is 1. The van der Waals surface area contributed by atoms with Crippen LogP contribution in [0, 0.1) is 10.1 Å². The van der Waals surface area contributed by atoms with Crippen molar-refractivity contribution in [3.05, 3.63) is 50.4 Å². The molecule has 0 aliphatic carbocycles. The van der Waals surface area contributed by atoms with Crippen molar-refractivity contribution in [2.24, 2.45) is 7.05 Å². The summed E-state index contributed by atoms with van der Waals surface area (Å²) in [5.41, 5.74) is -0.322. The zero-order valence-corrected chi connectivity index (χ0v) is 14.5. The second-order valence-electron chi connectivity index (χ2n) is 4.97. The molecule has 0 aliphatic rings. The minimum Gasteiger partial charge on any atom is -0.448 e. The molecule has 1 amide bonds. The van der Waals surface area contributed by atoms with E-state index in [0.29, 0.717) is 5.02 Å². The van der Waals surface area contributed by atoms with Crippen molar-refractivity contribution in [1.29, 1.82) is 0 Å². The van der Waals surface area contributed by atoms with Gasteiger partial charge in [-0.1, -0.05) is 23.2 Å². The molecule has 2 aromatic heterocycles. The molecular formula is C14H12Cl2N4O5. The molecule has 132 valence electrons. The van der Waals surface area contributed by atoms with Gasteiger partial charge in [0.05, 0.1) is 21.2 Å². The number of hydrogen-bond acceptors (Lipinski definition) is 6. The average Bonchev–Trinajstić information content (AvgIpc) is 2.92. The number of esters is 1. The SMILES string of the molecule is CC(OC(=O)c1cc([N+](=O)[O-])cn1C)C(=O)Nc1ncc(Cl)cc1Cl. The number of nitro groups is 1. The number of amides is 1. The lowest BCUT2D eigenvalue weighted by molar-refractivity contribution is -0.384. The smallest absolute Gasteiger partial charge is 0.355 e. The molecule has 0 aromatic carbocycles. The molecule has 9 nitrogen and oxygen atoms in total. The number of anilines is 1. The summed E-state index contributed by atoms with van der Waals surface area (Å²) in [6.45, 7) is 1.34. The molecule has 2 rings (SSSR count). The molecule has 1 N–H and O–H groups in total. The summed E-state index contributed by atoms with van der Waals surface area (Å²) in [5.74, 6) is -1.49. The van der Waals surface area contributed by atoms with Crippen molar-refractivity contribution in [3.63, 3.8) is 0 Å². The van der Waals surface area contributed by atoms with Gasteiger partial charge in [-0.3, -0.25) is 14.9 Å². The average molecular weight is 387 g/mol. The van der Waals surface area contributed by atoms with Gasteiger partial charge in [0, 0.05) is 19.3 Å². The maximum atomic E-state index is 12.1. The normalized spacial score (nSPS) is 11.7. The summed E-state index contributed by atoms with van der Waals surface area (Å²) in [7, 11) is 1.45. The van der Waals surface area contributed by atoms with Gasteiger partial charge < -0.3 is 14.6 Å². The Hall–Kier alpha value is -2.65. The fraction of sp³-hybridized carbons (Fsp3) is 0.214. The third-order valence-corrected chi connectivity index (χ3v) is 3.61. The lowest BCUT2D eigenvalue weighted by atomic mass is 10.3. The molecule has 0 aliphatic heterocycles. The molecule has 1 atom stereocenters. The van der Waals surface area contributed by atoms with Crippen LogP contribution in [0.5, 0.6) is 0 Å². The first-order valence-corrected chi connectivity index (χ1v) is 7.58. The molecule has 0 spiro atoms. The number of halogens is 2. The molecule has 2 aromatic rings. The number of aromatic nitrogens is 2. The second-order valence-corrected chi connectivity index (χ2v) is 5.82. The van der Waals surface area contributed by atoms with Crippen molar-refractivity contribution in [1.82, 2.24) is 9.55 Å². The first-order chi connectivity index (χ1) is 11.7. The number of hydrogen-bond donors (Lipinski definition) is 1. The highest BCUT2D eigenvalue weighted by molar-refractivity contribution is 6.36. The van der Waals surface area contributed by atoms with Crippen molar-refractivity contribution >= 4 is 46.6 Å². The van der Waals surface area contributed by atoms with E-state index in [1.54, 1.807) is 0 Å². The van der Waals surface area contributed by atoms with E-state index in [2.05, 4.69) is 10.3 Å². The number of nitrogens with one attached hydrogen (secondary N) is 1. The quantitative estimate of drug-likeness (QED) is 0.479. The van der Waals surface area contributed by atoms with Gasteiger partial charge in [-0.2, -0.15) is 0 Å². The number of carbonyl (C=O) groups is 2. The van der Waals surface area contributed by atoms with E-state index >= 15 is 0 Å². The first kappa shape index (κ1) is 18.7. The van der Waals surface area contributed by atoms with Crippen LogP contribution in [0.2, 0.25) is 10.0 Å². The Labute approximate surface area is 151 Å². The van der Waals surface area contributed by atoms with Crippen molar-refractivity contribution in [3.8, 4) is 0 Å². The van der Waals surface area contributed by atoms with E-state index < -0.39 is 22.9 Å². The first-order valence-electron chi connectivity index (χ1n) is 6.82. The zero-order valence-electron chi connectivity index (χ0n) is 13.0. The standard InChI is InChI=1S/C14H12Cl2N4O5/c1-7(13(21)18-12-10(16)3-8(15)5-17-12)25-14(22)11-4-9(20(23)24)6-19(11)2/h3-7H,1-2H3,(H,17,18,21). The van der Waals surface area contributed by atoms with Gasteiger partial charge in [-0.25, -0.2) is 9.78 Å². The Bertz CT molecular complexity index is 852. The predicted octanol–water partition coefficient (Wildman–Crippen LogP) is 2.82. The van der Waals surface area contributed by atoms with Crippen molar-refractivity contribution in [2.75, 3.05) is 5.32 Å². The number of carbonyl (C=O) groups excluding carboxylic acids is 2. The zero-order chi connectivity index (χ0) is 18.7. The minimum absolute atomic E-state index is 0.0611. The van der Waals surface area contributed by atoms with E-state index in [1.807, 2.05) is 0 Å². The highest BCUT2D eigenvalue weighted by Gasteiger charge is 2.24. The van der Waals surface area contributed by atoms with E-state index in [-0.39, 0.29) is 22.2 Å². The Balaban J connectivity index is 2.05. The largest absolute Gasteiger partial charge is 0.448 e. The Morgan fingerprint density at radius 3 is 2.64 bits per heavy atom. The number of rotatable bonds is 5. The number of aryl methyl sites for hydroxylation is 1. The van der Waals surface area contributed by atoms with Crippen LogP contribution in [0.1, 0.15) is 17.4 Å². The third-order valence-electron chi connectivity index (χ3n) is 3.11. The van der Waals surface area contributed by atoms with Crippen LogP contribution in [0.4, 0.5) is 11.5 Å². The molecule has 25 heavy (non-hydrogen) atoms. The Kier molecular flexibility index (Phi) is 5.60. The fourth-order valence-electron chi connectivity index (χ4n) is 1.85. The number of nitrogens with zero attached hydrogens (tertiary/aromatic N) is 3. The minimum atomic E-state index is -1.19. The van der Waals surface area contributed by atoms with Crippen LogP contribution >= 0.6 is 23.2 Å². The molecule has 0 radical (unpaired) electrons. The second kappa shape index (κ2) is 7.49. The maximum Gasteiger partial charge on any atom is 0.355 e. The summed E-state index contributed by atoms with van der Waals surface area (Å²) in [6.07, 6.45) is 1.27. The molecule has 1 unspecified atom stereocenters. The highest BCUT2D eigenvalue weighted by atomic mass is 35.5. The lowest BCUT2D eigenvalue weighted by Crippen LogP contribution is -2.30. The molecule has 2 heterocycles. The van der Waals surface area contributed by atoms with Crippen LogP contribution in [-0.2, 0) is 16.6 Å². The van der Waals surface area contributed by atoms with Gasteiger partial charge in [-0.05, 0) is 13.0 Å². The van der Waals surface area contributed by atoms with Gasteiger partial charge in [0.15, 0.2) is 11.9 Å². The Morgan fingerprint density at radius 2 is 2.08 bits per heavy atom. The maximum absolute atomic E-state index is 12.1. The summed E-state index contributed by atoms with van der Waals surface area (Å²) in [4.78, 5) is 38.1. The molecule has 0 bridgehead atoms. The van der Waals surface area contributed by atoms with E-state index in [4.69, 9.17) is 27.9 Å². The molecule has 0 fully saturated rings. The van der Waals surface area contributed by atoms with E-state index in [0.717, 1.165) is 6.07 Å². The van der Waals surface area contributed by atoms with Crippen LogP contribution in [0.15, 0.2) is 24.5 Å². The molecule has 11 heteroatoms. The number of pyridine rings is 1.